The summed E-state index contributed by atoms with van der Waals surface area (Å²) in [4.78, 5) is 31.1. The van der Waals surface area contributed by atoms with Crippen molar-refractivity contribution in [2.45, 2.75) is 5.41 Å². The fourth-order valence-corrected chi connectivity index (χ4v) is 3.03. The third-order valence-corrected chi connectivity index (χ3v) is 4.14. The van der Waals surface area contributed by atoms with E-state index in [2.05, 4.69) is 0 Å². The summed E-state index contributed by atoms with van der Waals surface area (Å²) in [5.74, 6) is 0. The van der Waals surface area contributed by atoms with Gasteiger partial charge in [-0.3, -0.25) is 30.3 Å². The summed E-state index contributed by atoms with van der Waals surface area (Å²) in [7, 11) is 0. The van der Waals surface area contributed by atoms with Crippen molar-refractivity contribution in [1.29, 1.82) is 10.5 Å². The van der Waals surface area contributed by atoms with Gasteiger partial charge in [0.2, 0.25) is 0 Å². The quantitative estimate of drug-likeness (QED) is 0.598. The highest BCUT2D eigenvalue weighted by Gasteiger charge is 2.49. The van der Waals surface area contributed by atoms with Crippen molar-refractivity contribution in [3.8, 4) is 23.3 Å². The fraction of sp³-hybridized carbons (Fsp3) is 0.0667. The van der Waals surface area contributed by atoms with Crippen molar-refractivity contribution in [2.24, 2.45) is 0 Å². The summed E-state index contributed by atoms with van der Waals surface area (Å²) in [6, 6.07) is 8.33. The van der Waals surface area contributed by atoms with E-state index in [1.165, 1.54) is 6.07 Å². The second-order valence-electron chi connectivity index (χ2n) is 5.36. The Morgan fingerprint density at radius 2 is 1.38 bits per heavy atom. The molecule has 0 radical (unpaired) electrons. The van der Waals surface area contributed by atoms with Gasteiger partial charge in [-0.15, -0.1) is 0 Å². The Morgan fingerprint density at radius 3 is 1.88 bits per heavy atom. The number of fused-ring (bicyclic) bond motifs is 3. The Balaban J connectivity index is 2.52. The van der Waals surface area contributed by atoms with Crippen LogP contribution in [0.15, 0.2) is 30.3 Å². The third-order valence-electron chi connectivity index (χ3n) is 4.14. The molecule has 0 heterocycles. The van der Waals surface area contributed by atoms with Crippen LogP contribution in [-0.4, -0.2) is 14.8 Å². The van der Waals surface area contributed by atoms with Crippen LogP contribution in [0.5, 0.6) is 0 Å². The zero-order valence-corrected chi connectivity index (χ0v) is 12.6. The molecule has 126 valence electrons. The molecule has 26 heavy (non-hydrogen) atoms. The van der Waals surface area contributed by atoms with E-state index < -0.39 is 37.2 Å². The van der Waals surface area contributed by atoms with E-state index in [4.69, 9.17) is 0 Å². The largest absolute Gasteiger partial charge is 0.284 e. The number of benzene rings is 2. The summed E-state index contributed by atoms with van der Waals surface area (Å²) in [5, 5.41) is 52.8. The second kappa shape index (κ2) is 5.32. The average molecular weight is 351 g/mol. The van der Waals surface area contributed by atoms with Crippen molar-refractivity contribution in [3.05, 3.63) is 71.8 Å². The minimum atomic E-state index is -2.13. The molecular formula is C15H5N5O6. The zero-order valence-electron chi connectivity index (χ0n) is 12.6. The Hall–Kier alpha value is -4.38. The summed E-state index contributed by atoms with van der Waals surface area (Å²) in [6.07, 6.45) is 0. The number of hydrogen-bond donors (Lipinski definition) is 0. The van der Waals surface area contributed by atoms with E-state index >= 15 is 0 Å². The molecule has 0 aromatic heterocycles. The van der Waals surface area contributed by atoms with Gasteiger partial charge in [0.05, 0.1) is 38.5 Å². The monoisotopic (exact) mass is 351 g/mol. The van der Waals surface area contributed by atoms with Crippen LogP contribution in [0.4, 0.5) is 17.1 Å². The van der Waals surface area contributed by atoms with Crippen LogP contribution in [0, 0.1) is 53.0 Å². The van der Waals surface area contributed by atoms with Crippen molar-refractivity contribution in [1.82, 2.24) is 0 Å². The normalized spacial score (nSPS) is 13.0. The van der Waals surface area contributed by atoms with Crippen molar-refractivity contribution >= 4 is 17.1 Å². The van der Waals surface area contributed by atoms with E-state index in [0.717, 1.165) is 24.3 Å². The molecular weight excluding hydrogens is 346 g/mol. The number of nitro benzene ring substituents is 3. The van der Waals surface area contributed by atoms with Gasteiger partial charge in [-0.05, 0) is 11.6 Å². The SMILES string of the molecule is N#CC1(C#N)c2cc([N+](=O)[O-])ccc2-c2c([N+](=O)[O-])cc([N+](=O)[O-])cc21. The molecule has 0 atom stereocenters. The maximum atomic E-state index is 11.4. The highest BCUT2D eigenvalue weighted by atomic mass is 16.6. The predicted molar refractivity (Wildman–Crippen MR) is 83.8 cm³/mol. The standard InChI is InChI=1S/C15H5N5O6/c16-6-15(7-17)11-3-8(18(21)22)1-2-10(11)14-12(15)4-9(19(23)24)5-13(14)20(25)26/h1-5H. The van der Waals surface area contributed by atoms with Crippen LogP contribution >= 0.6 is 0 Å². The molecule has 0 aliphatic heterocycles. The highest BCUT2D eigenvalue weighted by Crippen LogP contribution is 2.53. The first kappa shape index (κ1) is 16.5. The van der Waals surface area contributed by atoms with Gasteiger partial charge in [0.15, 0.2) is 5.41 Å². The molecule has 0 bridgehead atoms. The molecule has 2 aromatic carbocycles. The molecule has 1 aliphatic rings. The average Bonchev–Trinajstić information content (AvgIpc) is 2.90. The van der Waals surface area contributed by atoms with Crippen molar-refractivity contribution in [2.75, 3.05) is 0 Å². The molecule has 11 heteroatoms. The molecule has 11 nitrogen and oxygen atoms in total. The van der Waals surface area contributed by atoms with Crippen LogP contribution in [0.1, 0.15) is 11.1 Å². The summed E-state index contributed by atoms with van der Waals surface area (Å²) < 4.78 is 0. The lowest BCUT2D eigenvalue weighted by Crippen LogP contribution is -2.20. The molecule has 0 amide bonds. The number of nitriles is 2. The molecule has 3 rings (SSSR count). The summed E-state index contributed by atoms with van der Waals surface area (Å²) in [6.45, 7) is 0. The number of non-ortho nitro benzene ring substituents is 2. The van der Waals surface area contributed by atoms with E-state index in [1.807, 2.05) is 0 Å². The van der Waals surface area contributed by atoms with Gasteiger partial charge >= 0.3 is 0 Å². The number of rotatable bonds is 3. The predicted octanol–water partition coefficient (Wildman–Crippen LogP) is 2.72. The molecule has 1 aliphatic carbocycles. The van der Waals surface area contributed by atoms with Crippen molar-refractivity contribution in [3.63, 3.8) is 0 Å². The van der Waals surface area contributed by atoms with Crippen LogP contribution < -0.4 is 0 Å². The van der Waals surface area contributed by atoms with Crippen LogP contribution in [-0.2, 0) is 5.41 Å². The van der Waals surface area contributed by atoms with E-state index in [1.54, 1.807) is 12.1 Å². The van der Waals surface area contributed by atoms with Crippen LogP contribution in [0.3, 0.4) is 0 Å². The lowest BCUT2D eigenvalue weighted by atomic mass is 9.81. The third kappa shape index (κ3) is 1.98. The van der Waals surface area contributed by atoms with E-state index in [9.17, 15) is 40.9 Å². The van der Waals surface area contributed by atoms with Gasteiger partial charge in [0.25, 0.3) is 17.1 Å². The Kier molecular flexibility index (Phi) is 3.37. The van der Waals surface area contributed by atoms with Gasteiger partial charge in [-0.25, -0.2) is 0 Å². The summed E-state index contributed by atoms with van der Waals surface area (Å²) in [5.41, 5.74) is -4.26. The minimum absolute atomic E-state index is 0.0790. The first-order chi connectivity index (χ1) is 12.3. The first-order valence-electron chi connectivity index (χ1n) is 6.86. The Bertz CT molecular complexity index is 1100. The highest BCUT2D eigenvalue weighted by molar-refractivity contribution is 5.92. The summed E-state index contributed by atoms with van der Waals surface area (Å²) >= 11 is 0. The Labute approximate surface area is 143 Å². The molecule has 0 spiro atoms. The maximum absolute atomic E-state index is 11.4. The van der Waals surface area contributed by atoms with Gasteiger partial charge < -0.3 is 0 Å². The van der Waals surface area contributed by atoms with E-state index in [-0.39, 0.29) is 22.3 Å². The molecule has 0 unspecified atom stereocenters. The minimum Gasteiger partial charge on any atom is -0.258 e. The van der Waals surface area contributed by atoms with Gasteiger partial charge in [0, 0.05) is 29.3 Å². The molecule has 0 saturated heterocycles. The van der Waals surface area contributed by atoms with Crippen LogP contribution in [0.2, 0.25) is 0 Å². The number of nitro groups is 3. The molecule has 0 N–H and O–H groups in total. The lowest BCUT2D eigenvalue weighted by molar-refractivity contribution is -0.393. The smallest absolute Gasteiger partial charge is 0.258 e. The van der Waals surface area contributed by atoms with Gasteiger partial charge in [0.1, 0.15) is 0 Å². The topological polar surface area (TPSA) is 177 Å². The fourth-order valence-electron chi connectivity index (χ4n) is 3.03. The van der Waals surface area contributed by atoms with Gasteiger partial charge in [-0.1, -0.05) is 0 Å². The number of nitrogens with zero attached hydrogens (tertiary/aromatic N) is 5. The molecule has 0 fully saturated rings. The van der Waals surface area contributed by atoms with Crippen molar-refractivity contribution < 1.29 is 14.8 Å². The molecule has 0 saturated carbocycles. The molecule has 2 aromatic rings. The maximum Gasteiger partial charge on any atom is 0.284 e. The number of hydrogen-bond acceptors (Lipinski definition) is 8. The van der Waals surface area contributed by atoms with E-state index in [0.29, 0.717) is 0 Å². The first-order valence-corrected chi connectivity index (χ1v) is 6.86. The van der Waals surface area contributed by atoms with Crippen LogP contribution in [0.25, 0.3) is 11.1 Å². The second-order valence-corrected chi connectivity index (χ2v) is 5.36. The zero-order chi connectivity index (χ0) is 19.2. The Morgan fingerprint density at radius 1 is 0.808 bits per heavy atom. The lowest BCUT2D eigenvalue weighted by Gasteiger charge is -2.14. The van der Waals surface area contributed by atoms with Gasteiger partial charge in [-0.2, -0.15) is 10.5 Å².